The maximum atomic E-state index is 6.37. The first-order valence-electron chi connectivity index (χ1n) is 10.5. The van der Waals surface area contributed by atoms with Crippen LogP contribution >= 0.6 is 24.0 Å². The summed E-state index contributed by atoms with van der Waals surface area (Å²) in [5.41, 5.74) is 4.46. The fraction of sp³-hybridized carbons (Fsp3) is 0.154. The first-order valence-corrected chi connectivity index (χ1v) is 11.7. The van der Waals surface area contributed by atoms with Gasteiger partial charge in [-0.3, -0.25) is 4.98 Å². The van der Waals surface area contributed by atoms with Crippen molar-refractivity contribution in [3.05, 3.63) is 108 Å². The molecule has 0 spiro atoms. The molecule has 0 amide bonds. The summed E-state index contributed by atoms with van der Waals surface area (Å²) in [6.45, 7) is 4.24. The molecular formula is C26H23N3OS2. The lowest BCUT2D eigenvalue weighted by Crippen LogP contribution is -2.29. The van der Waals surface area contributed by atoms with Crippen LogP contribution in [0.25, 0.3) is 0 Å². The van der Waals surface area contributed by atoms with Crippen LogP contribution in [0.1, 0.15) is 34.7 Å². The van der Waals surface area contributed by atoms with Crippen molar-refractivity contribution in [1.82, 2.24) is 10.3 Å². The zero-order valence-corrected chi connectivity index (χ0v) is 19.5. The van der Waals surface area contributed by atoms with E-state index in [1.54, 1.807) is 11.8 Å². The quantitative estimate of drug-likeness (QED) is 0.340. The summed E-state index contributed by atoms with van der Waals surface area (Å²) in [5.74, 6) is 0.852. The summed E-state index contributed by atoms with van der Waals surface area (Å²) < 4.78 is 6.37. The number of thiocarbonyl (C=S) groups is 1. The topological polar surface area (TPSA) is 41.3 Å². The molecule has 0 radical (unpaired) electrons. The number of aromatic nitrogens is 1. The first-order chi connectivity index (χ1) is 15.6. The Labute approximate surface area is 197 Å². The molecule has 0 unspecified atom stereocenters. The van der Waals surface area contributed by atoms with E-state index in [2.05, 4.69) is 65.4 Å². The lowest BCUT2D eigenvalue weighted by Gasteiger charge is -2.26. The van der Waals surface area contributed by atoms with Gasteiger partial charge in [0.15, 0.2) is 10.2 Å². The van der Waals surface area contributed by atoms with Crippen LogP contribution in [-0.4, -0.2) is 10.1 Å². The second kappa shape index (κ2) is 8.81. The SMILES string of the molecule is Cc1ccc(N2C(=S)N[C@H](c3ccccn3)[C@H]2c2ccc(Sc3ccccc3)o2)cc1C. The third kappa shape index (κ3) is 4.04. The van der Waals surface area contributed by atoms with Crippen LogP contribution in [-0.2, 0) is 0 Å². The molecule has 2 aromatic heterocycles. The molecule has 0 aliphatic carbocycles. The fourth-order valence-electron chi connectivity index (χ4n) is 3.95. The van der Waals surface area contributed by atoms with Crippen molar-refractivity contribution in [2.45, 2.75) is 35.9 Å². The molecule has 1 N–H and O–H groups in total. The lowest BCUT2D eigenvalue weighted by molar-refractivity contribution is 0.383. The highest BCUT2D eigenvalue weighted by atomic mass is 32.2. The van der Waals surface area contributed by atoms with Gasteiger partial charge in [0.05, 0.1) is 11.7 Å². The average Bonchev–Trinajstić information content (AvgIpc) is 3.41. The minimum Gasteiger partial charge on any atom is -0.452 e. The van der Waals surface area contributed by atoms with E-state index in [1.165, 1.54) is 11.1 Å². The summed E-state index contributed by atoms with van der Waals surface area (Å²) >= 11 is 7.42. The van der Waals surface area contributed by atoms with Crippen LogP contribution in [0.2, 0.25) is 0 Å². The Hall–Kier alpha value is -3.09. The summed E-state index contributed by atoms with van der Waals surface area (Å²) in [5, 5.41) is 5.01. The molecule has 3 heterocycles. The normalized spacial score (nSPS) is 18.1. The van der Waals surface area contributed by atoms with Gasteiger partial charge in [-0.15, -0.1) is 0 Å². The summed E-state index contributed by atoms with van der Waals surface area (Å²) in [6.07, 6.45) is 1.81. The molecule has 6 heteroatoms. The molecule has 4 aromatic rings. The molecule has 4 nitrogen and oxygen atoms in total. The van der Waals surface area contributed by atoms with Gasteiger partial charge in [0.2, 0.25) is 0 Å². The number of anilines is 1. The molecule has 1 saturated heterocycles. The Bertz CT molecular complexity index is 1240. The molecule has 2 aromatic carbocycles. The monoisotopic (exact) mass is 457 g/mol. The standard InChI is InChI=1S/C26H23N3OS2/c1-17-11-12-19(16-18(17)2)29-25(24(28-26(29)31)21-10-6-7-15-27-21)22-13-14-23(30-22)32-20-8-4-3-5-9-20/h3-16,24-25H,1-2H3,(H,28,31)/t24-,25-/m1/s1. The van der Waals surface area contributed by atoms with Crippen molar-refractivity contribution in [2.75, 3.05) is 4.90 Å². The van der Waals surface area contributed by atoms with Crippen molar-refractivity contribution in [3.8, 4) is 0 Å². The molecule has 1 fully saturated rings. The highest BCUT2D eigenvalue weighted by Gasteiger charge is 2.42. The van der Waals surface area contributed by atoms with Crippen LogP contribution in [0.4, 0.5) is 5.69 Å². The van der Waals surface area contributed by atoms with Gasteiger partial charge >= 0.3 is 0 Å². The number of pyridine rings is 1. The average molecular weight is 458 g/mol. The Morgan fingerprint density at radius 2 is 1.75 bits per heavy atom. The minimum atomic E-state index is -0.148. The van der Waals surface area contributed by atoms with Gasteiger partial charge in [0.25, 0.3) is 0 Å². The lowest BCUT2D eigenvalue weighted by atomic mass is 10.0. The van der Waals surface area contributed by atoms with Crippen molar-refractivity contribution in [2.24, 2.45) is 0 Å². The van der Waals surface area contributed by atoms with Crippen LogP contribution in [0, 0.1) is 13.8 Å². The zero-order chi connectivity index (χ0) is 22.1. The second-order valence-electron chi connectivity index (χ2n) is 7.84. The molecule has 160 valence electrons. The molecule has 2 atom stereocenters. The van der Waals surface area contributed by atoms with Gasteiger partial charge < -0.3 is 14.6 Å². The van der Waals surface area contributed by atoms with Crippen LogP contribution < -0.4 is 10.2 Å². The van der Waals surface area contributed by atoms with E-state index in [0.717, 1.165) is 27.1 Å². The van der Waals surface area contributed by atoms with E-state index in [4.69, 9.17) is 16.6 Å². The number of nitrogens with one attached hydrogen (secondary N) is 1. The summed E-state index contributed by atoms with van der Waals surface area (Å²) in [6, 6.07) is 26.4. The number of nitrogens with zero attached hydrogens (tertiary/aromatic N) is 2. The third-order valence-electron chi connectivity index (χ3n) is 5.72. The number of rotatable bonds is 5. The molecule has 0 bridgehead atoms. The number of aryl methyl sites for hydroxylation is 2. The summed E-state index contributed by atoms with van der Waals surface area (Å²) in [7, 11) is 0. The number of benzene rings is 2. The number of hydrogen-bond donors (Lipinski definition) is 1. The van der Waals surface area contributed by atoms with Gasteiger partial charge in [-0.05, 0) is 85.7 Å². The maximum absolute atomic E-state index is 6.37. The van der Waals surface area contributed by atoms with Gasteiger partial charge in [0.1, 0.15) is 11.8 Å². The van der Waals surface area contributed by atoms with Gasteiger partial charge in [0, 0.05) is 16.8 Å². The highest BCUT2D eigenvalue weighted by molar-refractivity contribution is 7.99. The van der Waals surface area contributed by atoms with E-state index >= 15 is 0 Å². The molecule has 0 saturated carbocycles. The zero-order valence-electron chi connectivity index (χ0n) is 17.9. The van der Waals surface area contributed by atoms with E-state index in [-0.39, 0.29) is 12.1 Å². The molecule has 32 heavy (non-hydrogen) atoms. The Kier molecular flexibility index (Phi) is 5.72. The van der Waals surface area contributed by atoms with E-state index in [1.807, 2.05) is 48.7 Å². The Morgan fingerprint density at radius 3 is 2.50 bits per heavy atom. The third-order valence-corrected chi connectivity index (χ3v) is 6.97. The van der Waals surface area contributed by atoms with E-state index < -0.39 is 0 Å². The molecular weight excluding hydrogens is 434 g/mol. The van der Waals surface area contributed by atoms with Crippen molar-refractivity contribution in [3.63, 3.8) is 0 Å². The van der Waals surface area contributed by atoms with Crippen LogP contribution in [0.15, 0.2) is 99.5 Å². The minimum absolute atomic E-state index is 0.119. The van der Waals surface area contributed by atoms with Crippen LogP contribution in [0.5, 0.6) is 0 Å². The van der Waals surface area contributed by atoms with Crippen molar-refractivity contribution < 1.29 is 4.42 Å². The highest BCUT2D eigenvalue weighted by Crippen LogP contribution is 2.43. The Morgan fingerprint density at radius 1 is 0.938 bits per heavy atom. The predicted molar refractivity (Wildman–Crippen MR) is 133 cm³/mol. The number of hydrogen-bond acceptors (Lipinski definition) is 4. The molecule has 1 aliphatic heterocycles. The summed E-state index contributed by atoms with van der Waals surface area (Å²) in [4.78, 5) is 7.90. The van der Waals surface area contributed by atoms with Gasteiger partial charge in [-0.1, -0.05) is 42.1 Å². The first kappa shape index (κ1) is 20.8. The van der Waals surface area contributed by atoms with E-state index in [0.29, 0.717) is 5.11 Å². The molecule has 1 aliphatic rings. The largest absolute Gasteiger partial charge is 0.452 e. The van der Waals surface area contributed by atoms with Crippen molar-refractivity contribution >= 4 is 34.8 Å². The predicted octanol–water partition coefficient (Wildman–Crippen LogP) is 6.62. The van der Waals surface area contributed by atoms with E-state index in [9.17, 15) is 0 Å². The smallest absolute Gasteiger partial charge is 0.174 e. The number of furan rings is 1. The van der Waals surface area contributed by atoms with Crippen molar-refractivity contribution in [1.29, 1.82) is 0 Å². The van der Waals surface area contributed by atoms with Gasteiger partial charge in [-0.2, -0.15) is 0 Å². The van der Waals surface area contributed by atoms with Crippen LogP contribution in [0.3, 0.4) is 0 Å². The molecule has 5 rings (SSSR count). The maximum Gasteiger partial charge on any atom is 0.174 e. The Balaban J connectivity index is 1.55. The van der Waals surface area contributed by atoms with Gasteiger partial charge in [-0.25, -0.2) is 0 Å². The fourth-order valence-corrected chi connectivity index (χ4v) is 5.10. The second-order valence-corrected chi connectivity index (χ2v) is 9.30.